The summed E-state index contributed by atoms with van der Waals surface area (Å²) in [6.45, 7) is 0. The van der Waals surface area contributed by atoms with Gasteiger partial charge in [-0.05, 0) is 24.3 Å². The second-order valence-electron chi connectivity index (χ2n) is 3.62. The Morgan fingerprint density at radius 3 is 2.65 bits per heavy atom. The molecule has 0 bridgehead atoms. The fourth-order valence-corrected chi connectivity index (χ4v) is 1.64. The molecule has 0 unspecified atom stereocenters. The summed E-state index contributed by atoms with van der Waals surface area (Å²) in [6.07, 6.45) is 1.98. The largest absolute Gasteiger partial charge is 0.496 e. The Morgan fingerprint density at radius 1 is 1.18 bits per heavy atom. The standard InChI is InChI=1S/C14H13NO2/c1-17-14-8-3-2-7-12(14)13(16)10-11-6-4-5-9-15-11/h2-9H,10H2,1H3. The number of ether oxygens (including phenoxy) is 1. The number of hydrogen-bond donors (Lipinski definition) is 0. The Labute approximate surface area is 100 Å². The molecule has 0 amide bonds. The molecule has 0 saturated heterocycles. The monoisotopic (exact) mass is 227 g/mol. The van der Waals surface area contributed by atoms with Crippen molar-refractivity contribution in [3.63, 3.8) is 0 Å². The molecular formula is C14H13NO2. The van der Waals surface area contributed by atoms with Gasteiger partial charge >= 0.3 is 0 Å². The van der Waals surface area contributed by atoms with Crippen molar-refractivity contribution in [1.29, 1.82) is 0 Å². The first-order chi connectivity index (χ1) is 8.31. The molecule has 0 atom stereocenters. The Bertz CT molecular complexity index is 509. The van der Waals surface area contributed by atoms with Crippen molar-refractivity contribution in [2.24, 2.45) is 0 Å². The highest BCUT2D eigenvalue weighted by Crippen LogP contribution is 2.18. The molecule has 3 nitrogen and oxygen atoms in total. The Morgan fingerprint density at radius 2 is 1.94 bits per heavy atom. The maximum absolute atomic E-state index is 12.1. The maximum atomic E-state index is 12.1. The van der Waals surface area contributed by atoms with Gasteiger partial charge < -0.3 is 4.74 Å². The summed E-state index contributed by atoms with van der Waals surface area (Å²) >= 11 is 0. The molecule has 3 heteroatoms. The third kappa shape index (κ3) is 2.69. The summed E-state index contributed by atoms with van der Waals surface area (Å²) < 4.78 is 5.16. The van der Waals surface area contributed by atoms with Gasteiger partial charge in [0.1, 0.15) is 5.75 Å². The fourth-order valence-electron chi connectivity index (χ4n) is 1.64. The van der Waals surface area contributed by atoms with Crippen molar-refractivity contribution >= 4 is 5.78 Å². The van der Waals surface area contributed by atoms with Gasteiger partial charge in [0.15, 0.2) is 5.78 Å². The molecule has 0 aliphatic rings. The van der Waals surface area contributed by atoms with Crippen molar-refractivity contribution in [2.45, 2.75) is 6.42 Å². The number of para-hydroxylation sites is 1. The van der Waals surface area contributed by atoms with E-state index in [-0.39, 0.29) is 5.78 Å². The zero-order chi connectivity index (χ0) is 12.1. The normalized spacial score (nSPS) is 9.94. The number of benzene rings is 1. The third-order valence-electron chi connectivity index (χ3n) is 2.48. The Kier molecular flexibility index (Phi) is 3.50. The van der Waals surface area contributed by atoms with Gasteiger partial charge in [0.05, 0.1) is 19.1 Å². The molecule has 0 radical (unpaired) electrons. The molecule has 2 rings (SSSR count). The SMILES string of the molecule is COc1ccccc1C(=O)Cc1ccccn1. The maximum Gasteiger partial charge on any atom is 0.172 e. The minimum absolute atomic E-state index is 0.0150. The Hall–Kier alpha value is -2.16. The van der Waals surface area contributed by atoms with E-state index < -0.39 is 0 Å². The second-order valence-corrected chi connectivity index (χ2v) is 3.62. The van der Waals surface area contributed by atoms with E-state index in [2.05, 4.69) is 4.98 Å². The second kappa shape index (κ2) is 5.25. The summed E-state index contributed by atoms with van der Waals surface area (Å²) in [5.41, 5.74) is 1.36. The Balaban J connectivity index is 2.20. The average molecular weight is 227 g/mol. The number of methoxy groups -OCH3 is 1. The molecule has 1 heterocycles. The quantitative estimate of drug-likeness (QED) is 0.753. The number of nitrogens with zero attached hydrogens (tertiary/aromatic N) is 1. The first-order valence-electron chi connectivity index (χ1n) is 5.37. The van der Waals surface area contributed by atoms with Gasteiger partial charge in [0.2, 0.25) is 0 Å². The first kappa shape index (κ1) is 11.3. The van der Waals surface area contributed by atoms with Gasteiger partial charge in [-0.25, -0.2) is 0 Å². The van der Waals surface area contributed by atoms with Crippen LogP contribution in [-0.2, 0) is 6.42 Å². The summed E-state index contributed by atoms with van der Waals surface area (Å²) in [4.78, 5) is 16.2. The highest BCUT2D eigenvalue weighted by Gasteiger charge is 2.12. The van der Waals surface area contributed by atoms with Gasteiger partial charge in [0.25, 0.3) is 0 Å². The molecule has 2 aromatic rings. The number of aromatic nitrogens is 1. The van der Waals surface area contributed by atoms with Crippen molar-refractivity contribution in [3.05, 3.63) is 59.9 Å². The fraction of sp³-hybridized carbons (Fsp3) is 0.143. The third-order valence-corrected chi connectivity index (χ3v) is 2.48. The molecule has 0 saturated carbocycles. The summed E-state index contributed by atoms with van der Waals surface area (Å²) in [5.74, 6) is 0.620. The van der Waals surface area contributed by atoms with Crippen LogP contribution in [0.4, 0.5) is 0 Å². The lowest BCUT2D eigenvalue weighted by molar-refractivity contribution is 0.0989. The number of ketones is 1. The lowest BCUT2D eigenvalue weighted by Gasteiger charge is -2.06. The molecule has 0 spiro atoms. The number of pyridine rings is 1. The molecule has 0 fully saturated rings. The summed E-state index contributed by atoms with van der Waals surface area (Å²) in [5, 5.41) is 0. The molecule has 1 aromatic heterocycles. The van der Waals surface area contributed by atoms with E-state index >= 15 is 0 Å². The van der Waals surface area contributed by atoms with Gasteiger partial charge in [-0.3, -0.25) is 9.78 Å². The van der Waals surface area contributed by atoms with Crippen LogP contribution in [0, 0.1) is 0 Å². The van der Waals surface area contributed by atoms with E-state index in [4.69, 9.17) is 4.74 Å². The van der Waals surface area contributed by atoms with Crippen molar-refractivity contribution in [3.8, 4) is 5.75 Å². The van der Waals surface area contributed by atoms with Gasteiger partial charge in [0, 0.05) is 11.9 Å². The van der Waals surface area contributed by atoms with Crippen molar-refractivity contribution in [2.75, 3.05) is 7.11 Å². The van der Waals surface area contributed by atoms with Crippen LogP contribution < -0.4 is 4.74 Å². The lowest BCUT2D eigenvalue weighted by Crippen LogP contribution is -2.06. The van der Waals surface area contributed by atoms with Crippen LogP contribution in [0.1, 0.15) is 16.1 Å². The topological polar surface area (TPSA) is 39.2 Å². The van der Waals surface area contributed by atoms with E-state index in [1.807, 2.05) is 30.3 Å². The minimum Gasteiger partial charge on any atom is -0.496 e. The van der Waals surface area contributed by atoms with Crippen LogP contribution in [0.25, 0.3) is 0 Å². The molecule has 17 heavy (non-hydrogen) atoms. The predicted octanol–water partition coefficient (Wildman–Crippen LogP) is 2.52. The van der Waals surface area contributed by atoms with E-state index in [1.54, 1.807) is 25.4 Å². The molecule has 0 aliphatic carbocycles. The number of carbonyl (C=O) groups excluding carboxylic acids is 1. The van der Waals surface area contributed by atoms with Gasteiger partial charge in [-0.1, -0.05) is 18.2 Å². The number of rotatable bonds is 4. The highest BCUT2D eigenvalue weighted by molar-refractivity contribution is 5.99. The number of hydrogen-bond acceptors (Lipinski definition) is 3. The number of Topliss-reactive ketones (excluding diaryl/α,β-unsaturated/α-hetero) is 1. The summed E-state index contributed by atoms with van der Waals surface area (Å²) in [7, 11) is 1.56. The van der Waals surface area contributed by atoms with E-state index in [9.17, 15) is 4.79 Å². The van der Waals surface area contributed by atoms with E-state index in [1.165, 1.54) is 0 Å². The molecule has 0 N–H and O–H groups in total. The van der Waals surface area contributed by atoms with Crippen molar-refractivity contribution < 1.29 is 9.53 Å². The molecule has 86 valence electrons. The molecule has 1 aromatic carbocycles. The number of carbonyl (C=O) groups is 1. The highest BCUT2D eigenvalue weighted by atomic mass is 16.5. The van der Waals surface area contributed by atoms with Crippen LogP contribution in [0.2, 0.25) is 0 Å². The van der Waals surface area contributed by atoms with E-state index in [0.29, 0.717) is 17.7 Å². The minimum atomic E-state index is 0.0150. The van der Waals surface area contributed by atoms with Crippen LogP contribution in [0.3, 0.4) is 0 Å². The van der Waals surface area contributed by atoms with Gasteiger partial charge in [-0.15, -0.1) is 0 Å². The lowest BCUT2D eigenvalue weighted by atomic mass is 10.1. The van der Waals surface area contributed by atoms with Crippen LogP contribution in [0.5, 0.6) is 5.75 Å². The smallest absolute Gasteiger partial charge is 0.172 e. The van der Waals surface area contributed by atoms with Crippen LogP contribution >= 0.6 is 0 Å². The molecule has 0 aliphatic heterocycles. The summed E-state index contributed by atoms with van der Waals surface area (Å²) in [6, 6.07) is 12.8. The van der Waals surface area contributed by atoms with Crippen molar-refractivity contribution in [1.82, 2.24) is 4.98 Å². The van der Waals surface area contributed by atoms with Gasteiger partial charge in [-0.2, -0.15) is 0 Å². The van der Waals surface area contributed by atoms with E-state index in [0.717, 1.165) is 5.69 Å². The predicted molar refractivity (Wildman–Crippen MR) is 65.3 cm³/mol. The zero-order valence-electron chi connectivity index (χ0n) is 9.59. The first-order valence-corrected chi connectivity index (χ1v) is 5.37. The average Bonchev–Trinajstić information content (AvgIpc) is 2.40. The zero-order valence-corrected chi connectivity index (χ0v) is 9.59. The van der Waals surface area contributed by atoms with Crippen LogP contribution in [0.15, 0.2) is 48.7 Å². The molecular weight excluding hydrogens is 214 g/mol. The van der Waals surface area contributed by atoms with Crippen LogP contribution in [-0.4, -0.2) is 17.9 Å².